The molecule has 0 aliphatic rings. The molecule has 3 rings (SSSR count). The maximum Gasteiger partial charge on any atom is 0.339 e. The first kappa shape index (κ1) is 14.8. The molecule has 0 atom stereocenters. The van der Waals surface area contributed by atoms with Crippen LogP contribution in [0.2, 0.25) is 0 Å². The highest BCUT2D eigenvalue weighted by Gasteiger charge is 2.10. The molecule has 0 radical (unpaired) electrons. The number of para-hydroxylation sites is 2. The number of nitrogens with zero attached hydrogens (tertiary/aromatic N) is 3. The van der Waals surface area contributed by atoms with E-state index in [0.29, 0.717) is 28.5 Å². The quantitative estimate of drug-likeness (QED) is 0.672. The number of hydrogen-bond donors (Lipinski definition) is 0. The number of fused-ring (bicyclic) bond motifs is 1. The van der Waals surface area contributed by atoms with Crippen LogP contribution in [0.25, 0.3) is 5.65 Å². The van der Waals surface area contributed by atoms with Gasteiger partial charge in [0, 0.05) is 6.20 Å². The molecule has 7 heteroatoms. The molecule has 0 saturated carbocycles. The predicted molar refractivity (Wildman–Crippen MR) is 81.7 cm³/mol. The standard InChI is InChI=1S/C16H15N3O4/c1-21-12-5-3-4-6-13(12)23-10-14-17-15-8-7-11(16(20)22-2)9-19(15)18-14/h3-9H,10H2,1-2H3. The molecule has 0 fully saturated rings. The fraction of sp³-hybridized carbons (Fsp3) is 0.188. The van der Waals surface area contributed by atoms with Gasteiger partial charge in [-0.05, 0) is 24.3 Å². The number of esters is 1. The van der Waals surface area contributed by atoms with Crippen molar-refractivity contribution in [3.63, 3.8) is 0 Å². The minimum absolute atomic E-state index is 0.190. The van der Waals surface area contributed by atoms with E-state index in [9.17, 15) is 4.79 Å². The molecular formula is C16H15N3O4. The lowest BCUT2D eigenvalue weighted by molar-refractivity contribution is 0.0600. The van der Waals surface area contributed by atoms with Gasteiger partial charge in [-0.3, -0.25) is 0 Å². The van der Waals surface area contributed by atoms with Crippen LogP contribution < -0.4 is 9.47 Å². The van der Waals surface area contributed by atoms with Crippen LogP contribution in [0.5, 0.6) is 11.5 Å². The summed E-state index contributed by atoms with van der Waals surface area (Å²) in [5.74, 6) is 1.33. The summed E-state index contributed by atoms with van der Waals surface area (Å²) in [4.78, 5) is 15.9. The van der Waals surface area contributed by atoms with E-state index < -0.39 is 5.97 Å². The number of pyridine rings is 1. The van der Waals surface area contributed by atoms with Crippen molar-refractivity contribution in [2.75, 3.05) is 14.2 Å². The lowest BCUT2D eigenvalue weighted by Crippen LogP contribution is -2.03. The summed E-state index contributed by atoms with van der Waals surface area (Å²) in [6, 6.07) is 10.7. The van der Waals surface area contributed by atoms with Gasteiger partial charge >= 0.3 is 5.97 Å². The van der Waals surface area contributed by atoms with Crippen molar-refractivity contribution in [3.8, 4) is 11.5 Å². The molecule has 118 valence electrons. The lowest BCUT2D eigenvalue weighted by atomic mass is 10.3. The van der Waals surface area contributed by atoms with Gasteiger partial charge < -0.3 is 14.2 Å². The number of rotatable bonds is 5. The predicted octanol–water partition coefficient (Wildman–Crippen LogP) is 2.10. The number of benzene rings is 1. The van der Waals surface area contributed by atoms with Gasteiger partial charge in [0.2, 0.25) is 0 Å². The molecule has 0 aliphatic carbocycles. The summed E-state index contributed by atoms with van der Waals surface area (Å²) >= 11 is 0. The average molecular weight is 313 g/mol. The first-order chi connectivity index (χ1) is 11.2. The van der Waals surface area contributed by atoms with Crippen molar-refractivity contribution in [2.24, 2.45) is 0 Å². The Morgan fingerprint density at radius 1 is 1.13 bits per heavy atom. The molecule has 3 aromatic rings. The highest BCUT2D eigenvalue weighted by Crippen LogP contribution is 2.26. The van der Waals surface area contributed by atoms with Gasteiger partial charge in [0.05, 0.1) is 19.8 Å². The summed E-state index contributed by atoms with van der Waals surface area (Å²) in [7, 11) is 2.92. The van der Waals surface area contributed by atoms with E-state index in [-0.39, 0.29) is 6.61 Å². The molecule has 7 nitrogen and oxygen atoms in total. The van der Waals surface area contributed by atoms with Crippen molar-refractivity contribution in [3.05, 3.63) is 54.0 Å². The smallest absolute Gasteiger partial charge is 0.339 e. The van der Waals surface area contributed by atoms with Gasteiger partial charge in [0.25, 0.3) is 0 Å². The molecule has 0 spiro atoms. The highest BCUT2D eigenvalue weighted by molar-refractivity contribution is 5.89. The third-order valence-corrected chi connectivity index (χ3v) is 3.22. The fourth-order valence-corrected chi connectivity index (χ4v) is 2.11. The van der Waals surface area contributed by atoms with Crippen LogP contribution in [-0.4, -0.2) is 34.8 Å². The van der Waals surface area contributed by atoms with Gasteiger partial charge in [-0.1, -0.05) is 12.1 Å². The van der Waals surface area contributed by atoms with Gasteiger partial charge in [0.1, 0.15) is 6.61 Å². The zero-order valence-electron chi connectivity index (χ0n) is 12.7. The monoisotopic (exact) mass is 313 g/mol. The van der Waals surface area contributed by atoms with E-state index in [0.717, 1.165) is 0 Å². The summed E-state index contributed by atoms with van der Waals surface area (Å²) in [5, 5.41) is 4.29. The van der Waals surface area contributed by atoms with Crippen molar-refractivity contribution < 1.29 is 19.0 Å². The van der Waals surface area contributed by atoms with E-state index in [1.165, 1.54) is 11.6 Å². The Balaban J connectivity index is 1.79. The number of ether oxygens (including phenoxy) is 3. The average Bonchev–Trinajstić information content (AvgIpc) is 3.01. The lowest BCUT2D eigenvalue weighted by Gasteiger charge is -2.08. The Labute approximate surface area is 132 Å². The normalized spacial score (nSPS) is 10.5. The Kier molecular flexibility index (Phi) is 4.09. The third-order valence-electron chi connectivity index (χ3n) is 3.22. The molecule has 0 N–H and O–H groups in total. The van der Waals surface area contributed by atoms with Crippen LogP contribution in [0.3, 0.4) is 0 Å². The van der Waals surface area contributed by atoms with E-state index in [4.69, 9.17) is 9.47 Å². The fourth-order valence-electron chi connectivity index (χ4n) is 2.11. The second-order valence-electron chi connectivity index (χ2n) is 4.68. The number of aromatic nitrogens is 3. The molecule has 0 saturated heterocycles. The van der Waals surface area contributed by atoms with Crippen LogP contribution in [-0.2, 0) is 11.3 Å². The SMILES string of the molecule is COC(=O)c1ccc2nc(COc3ccccc3OC)nn2c1. The summed E-state index contributed by atoms with van der Waals surface area (Å²) in [6.07, 6.45) is 1.57. The number of carbonyl (C=O) groups excluding carboxylic acids is 1. The first-order valence-corrected chi connectivity index (χ1v) is 6.90. The van der Waals surface area contributed by atoms with E-state index in [1.54, 1.807) is 25.4 Å². The summed E-state index contributed by atoms with van der Waals surface area (Å²) < 4.78 is 17.1. The minimum Gasteiger partial charge on any atom is -0.493 e. The Morgan fingerprint density at radius 2 is 1.91 bits per heavy atom. The first-order valence-electron chi connectivity index (χ1n) is 6.90. The van der Waals surface area contributed by atoms with Crippen LogP contribution in [0, 0.1) is 0 Å². The third kappa shape index (κ3) is 3.08. The molecular weight excluding hydrogens is 298 g/mol. The topological polar surface area (TPSA) is 75.0 Å². The maximum absolute atomic E-state index is 11.5. The number of carbonyl (C=O) groups is 1. The van der Waals surface area contributed by atoms with Gasteiger partial charge in [-0.2, -0.15) is 0 Å². The molecule has 23 heavy (non-hydrogen) atoms. The van der Waals surface area contributed by atoms with Crippen molar-refractivity contribution in [1.82, 2.24) is 14.6 Å². The molecule has 0 bridgehead atoms. The largest absolute Gasteiger partial charge is 0.493 e. The molecule has 1 aromatic carbocycles. The van der Waals surface area contributed by atoms with Crippen molar-refractivity contribution in [1.29, 1.82) is 0 Å². The minimum atomic E-state index is -0.422. The van der Waals surface area contributed by atoms with E-state index >= 15 is 0 Å². The van der Waals surface area contributed by atoms with Crippen molar-refractivity contribution >= 4 is 11.6 Å². The Morgan fingerprint density at radius 3 is 2.65 bits per heavy atom. The molecule has 2 heterocycles. The zero-order chi connectivity index (χ0) is 16.2. The summed E-state index contributed by atoms with van der Waals surface area (Å²) in [6.45, 7) is 0.190. The van der Waals surface area contributed by atoms with Crippen LogP contribution in [0.15, 0.2) is 42.6 Å². The Bertz CT molecular complexity index is 844. The van der Waals surface area contributed by atoms with Gasteiger partial charge in [-0.25, -0.2) is 14.3 Å². The second-order valence-corrected chi connectivity index (χ2v) is 4.68. The molecule has 0 amide bonds. The molecule has 2 aromatic heterocycles. The summed E-state index contributed by atoms with van der Waals surface area (Å²) in [5.41, 5.74) is 1.03. The number of hydrogen-bond acceptors (Lipinski definition) is 6. The van der Waals surface area contributed by atoms with Gasteiger partial charge in [0.15, 0.2) is 23.0 Å². The van der Waals surface area contributed by atoms with Crippen LogP contribution >= 0.6 is 0 Å². The van der Waals surface area contributed by atoms with Crippen LogP contribution in [0.1, 0.15) is 16.2 Å². The molecule has 0 unspecified atom stereocenters. The molecule has 0 aliphatic heterocycles. The second kappa shape index (κ2) is 6.35. The highest BCUT2D eigenvalue weighted by atomic mass is 16.5. The zero-order valence-corrected chi connectivity index (χ0v) is 12.7. The van der Waals surface area contributed by atoms with Crippen molar-refractivity contribution in [2.45, 2.75) is 6.61 Å². The van der Waals surface area contributed by atoms with Crippen LogP contribution in [0.4, 0.5) is 0 Å². The maximum atomic E-state index is 11.5. The van der Waals surface area contributed by atoms with E-state index in [2.05, 4.69) is 14.8 Å². The number of methoxy groups -OCH3 is 2. The Hall–Kier alpha value is -3.09. The van der Waals surface area contributed by atoms with E-state index in [1.807, 2.05) is 24.3 Å². The van der Waals surface area contributed by atoms with Gasteiger partial charge in [-0.15, -0.1) is 5.10 Å².